The first-order chi connectivity index (χ1) is 18.0. The second-order valence-electron chi connectivity index (χ2n) is 8.68. The first-order valence-corrected chi connectivity index (χ1v) is 12.2. The molecule has 37 heavy (non-hydrogen) atoms. The molecule has 1 saturated heterocycles. The molecule has 1 amide bonds. The lowest BCUT2D eigenvalue weighted by Crippen LogP contribution is -2.29. The van der Waals surface area contributed by atoms with E-state index in [1.807, 2.05) is 6.07 Å². The number of aliphatic hydroxyl groups excluding tert-OH is 1. The molecule has 4 rings (SSSR count). The molecule has 188 valence electrons. The third-order valence-corrected chi connectivity index (χ3v) is 6.29. The first kappa shape index (κ1) is 25.5. The van der Waals surface area contributed by atoms with Crippen molar-refractivity contribution in [2.24, 2.45) is 0 Å². The van der Waals surface area contributed by atoms with Crippen molar-refractivity contribution in [3.8, 4) is 17.6 Å². The number of hydrogen-bond donors (Lipinski definition) is 1. The molecule has 1 heterocycles. The zero-order valence-corrected chi connectivity index (χ0v) is 20.8. The maximum absolute atomic E-state index is 13.3. The number of unbranched alkanes of at least 4 members (excludes halogenated alkanes) is 2. The summed E-state index contributed by atoms with van der Waals surface area (Å²) < 4.78 is 11.0. The molecule has 7 nitrogen and oxygen atoms in total. The number of carbonyl (C=O) groups excluding carboxylic acids is 2. The quantitative estimate of drug-likeness (QED) is 0.175. The molecule has 7 heteroatoms. The summed E-state index contributed by atoms with van der Waals surface area (Å²) in [5.74, 6) is -0.538. The molecule has 1 aliphatic heterocycles. The van der Waals surface area contributed by atoms with Crippen LogP contribution in [-0.2, 0) is 9.59 Å². The van der Waals surface area contributed by atoms with Crippen molar-refractivity contribution >= 4 is 23.1 Å². The molecule has 3 aromatic carbocycles. The van der Waals surface area contributed by atoms with Crippen LogP contribution in [0.25, 0.3) is 5.76 Å². The number of benzene rings is 3. The highest BCUT2D eigenvalue weighted by Crippen LogP contribution is 2.42. The van der Waals surface area contributed by atoms with Crippen LogP contribution < -0.4 is 14.4 Å². The van der Waals surface area contributed by atoms with Gasteiger partial charge in [-0.3, -0.25) is 14.5 Å². The zero-order valence-electron chi connectivity index (χ0n) is 20.8. The number of nitrogens with zero attached hydrogens (tertiary/aromatic N) is 2. The standard InChI is InChI=1S/C30H28N2O5/c1-3-4-5-18-37-25-16-10-22(11-17-25)28(33)26-27(21-8-14-24(36-2)15-9-21)32(30(35)29(26)34)23-12-6-20(19-31)7-13-23/h6-17,27,33H,3-5,18H2,1-2H3/b28-26+. The van der Waals surface area contributed by atoms with Crippen molar-refractivity contribution in [3.63, 3.8) is 0 Å². The minimum Gasteiger partial charge on any atom is -0.507 e. The van der Waals surface area contributed by atoms with Crippen LogP contribution in [0.3, 0.4) is 0 Å². The Balaban J connectivity index is 1.75. The van der Waals surface area contributed by atoms with Gasteiger partial charge in [0.15, 0.2) is 0 Å². The van der Waals surface area contributed by atoms with E-state index in [9.17, 15) is 14.7 Å². The summed E-state index contributed by atoms with van der Waals surface area (Å²) >= 11 is 0. The number of aliphatic hydroxyl groups is 1. The second kappa shape index (κ2) is 11.4. The number of ketones is 1. The largest absolute Gasteiger partial charge is 0.507 e. The number of Topliss-reactive ketones (excluding diaryl/α,β-unsaturated/α-hetero) is 1. The van der Waals surface area contributed by atoms with Crippen molar-refractivity contribution in [1.82, 2.24) is 0 Å². The highest BCUT2D eigenvalue weighted by molar-refractivity contribution is 6.51. The second-order valence-corrected chi connectivity index (χ2v) is 8.68. The first-order valence-electron chi connectivity index (χ1n) is 12.2. The van der Waals surface area contributed by atoms with E-state index in [0.717, 1.165) is 19.3 Å². The molecule has 1 N–H and O–H groups in total. The number of ether oxygens (including phenoxy) is 2. The van der Waals surface area contributed by atoms with Gasteiger partial charge in [-0.2, -0.15) is 5.26 Å². The Morgan fingerprint density at radius 2 is 1.59 bits per heavy atom. The molecule has 0 radical (unpaired) electrons. The monoisotopic (exact) mass is 496 g/mol. The normalized spacial score (nSPS) is 16.5. The van der Waals surface area contributed by atoms with Gasteiger partial charge in [0.25, 0.3) is 11.7 Å². The van der Waals surface area contributed by atoms with E-state index in [-0.39, 0.29) is 11.3 Å². The van der Waals surface area contributed by atoms with E-state index in [0.29, 0.717) is 40.5 Å². The molecule has 0 bridgehead atoms. The molecule has 3 aromatic rings. The van der Waals surface area contributed by atoms with Crippen molar-refractivity contribution in [2.45, 2.75) is 32.2 Å². The van der Waals surface area contributed by atoms with Crippen LogP contribution in [0, 0.1) is 11.3 Å². The predicted octanol–water partition coefficient (Wildman–Crippen LogP) is 5.76. The van der Waals surface area contributed by atoms with Crippen molar-refractivity contribution in [1.29, 1.82) is 5.26 Å². The smallest absolute Gasteiger partial charge is 0.300 e. The van der Waals surface area contributed by atoms with Gasteiger partial charge in [-0.05, 0) is 72.6 Å². The van der Waals surface area contributed by atoms with Crippen LogP contribution in [0.1, 0.15) is 48.9 Å². The van der Waals surface area contributed by atoms with Crippen LogP contribution in [-0.4, -0.2) is 30.5 Å². The summed E-state index contributed by atoms with van der Waals surface area (Å²) in [5.41, 5.74) is 1.88. The number of amides is 1. The van der Waals surface area contributed by atoms with E-state index < -0.39 is 17.7 Å². The third kappa shape index (κ3) is 5.34. The molecule has 0 spiro atoms. The zero-order chi connectivity index (χ0) is 26.4. The van der Waals surface area contributed by atoms with Crippen LogP contribution in [0.15, 0.2) is 78.4 Å². The van der Waals surface area contributed by atoms with Gasteiger partial charge in [0, 0.05) is 11.3 Å². The molecule has 1 atom stereocenters. The molecule has 1 unspecified atom stereocenters. The summed E-state index contributed by atoms with van der Waals surface area (Å²) in [6.45, 7) is 2.73. The van der Waals surface area contributed by atoms with Crippen molar-refractivity contribution in [2.75, 3.05) is 18.6 Å². The highest BCUT2D eigenvalue weighted by atomic mass is 16.5. The Morgan fingerprint density at radius 1 is 0.946 bits per heavy atom. The van der Waals surface area contributed by atoms with E-state index in [2.05, 4.69) is 6.92 Å². The SMILES string of the molecule is CCCCCOc1ccc(/C(O)=C2\C(=O)C(=O)N(c3ccc(C#N)cc3)C2c2ccc(OC)cc2)cc1. The summed E-state index contributed by atoms with van der Waals surface area (Å²) in [5, 5.41) is 20.4. The Morgan fingerprint density at radius 3 is 2.19 bits per heavy atom. The molecule has 0 aromatic heterocycles. The maximum atomic E-state index is 13.3. The fourth-order valence-corrected chi connectivity index (χ4v) is 4.30. The average Bonchev–Trinajstić information content (AvgIpc) is 3.21. The Kier molecular flexibility index (Phi) is 7.89. The fraction of sp³-hybridized carbons (Fsp3) is 0.233. The van der Waals surface area contributed by atoms with E-state index in [1.54, 1.807) is 79.9 Å². The van der Waals surface area contributed by atoms with Gasteiger partial charge < -0.3 is 14.6 Å². The molecule has 0 saturated carbocycles. The van der Waals surface area contributed by atoms with Crippen LogP contribution >= 0.6 is 0 Å². The minimum atomic E-state index is -0.871. The highest BCUT2D eigenvalue weighted by Gasteiger charge is 2.47. The van der Waals surface area contributed by atoms with Gasteiger partial charge in [-0.15, -0.1) is 0 Å². The third-order valence-electron chi connectivity index (χ3n) is 6.29. The number of carbonyl (C=O) groups is 2. The van der Waals surface area contributed by atoms with Gasteiger partial charge in [-0.1, -0.05) is 31.9 Å². The number of anilines is 1. The minimum absolute atomic E-state index is 0.0175. The molecular weight excluding hydrogens is 468 g/mol. The lowest BCUT2D eigenvalue weighted by Gasteiger charge is -2.25. The van der Waals surface area contributed by atoms with Crippen LogP contribution in [0.4, 0.5) is 5.69 Å². The summed E-state index contributed by atoms with van der Waals surface area (Å²) in [4.78, 5) is 27.9. The Labute approximate surface area is 216 Å². The Hall–Kier alpha value is -4.57. The summed E-state index contributed by atoms with van der Waals surface area (Å²) in [7, 11) is 1.55. The number of hydrogen-bond acceptors (Lipinski definition) is 6. The average molecular weight is 497 g/mol. The molecule has 1 fully saturated rings. The van der Waals surface area contributed by atoms with Crippen molar-refractivity contribution < 1.29 is 24.2 Å². The van der Waals surface area contributed by atoms with Crippen molar-refractivity contribution in [3.05, 3.63) is 95.1 Å². The topological polar surface area (TPSA) is 99.9 Å². The molecular formula is C30H28N2O5. The lowest BCUT2D eigenvalue weighted by atomic mass is 9.95. The van der Waals surface area contributed by atoms with E-state index in [1.165, 1.54) is 4.90 Å². The number of nitriles is 1. The van der Waals surface area contributed by atoms with Gasteiger partial charge in [0.05, 0.1) is 37.0 Å². The van der Waals surface area contributed by atoms with E-state index >= 15 is 0 Å². The summed E-state index contributed by atoms with van der Waals surface area (Å²) in [6, 6.07) is 21.4. The fourth-order valence-electron chi connectivity index (χ4n) is 4.30. The number of methoxy groups -OCH3 is 1. The van der Waals surface area contributed by atoms with Gasteiger partial charge in [0.1, 0.15) is 17.3 Å². The van der Waals surface area contributed by atoms with Gasteiger partial charge in [0.2, 0.25) is 0 Å². The van der Waals surface area contributed by atoms with Gasteiger partial charge in [-0.25, -0.2) is 0 Å². The van der Waals surface area contributed by atoms with Crippen LogP contribution in [0.2, 0.25) is 0 Å². The maximum Gasteiger partial charge on any atom is 0.300 e. The Bertz CT molecular complexity index is 1340. The molecule has 1 aliphatic rings. The van der Waals surface area contributed by atoms with Gasteiger partial charge >= 0.3 is 0 Å². The van der Waals surface area contributed by atoms with Crippen LogP contribution in [0.5, 0.6) is 11.5 Å². The molecule has 0 aliphatic carbocycles. The predicted molar refractivity (Wildman–Crippen MR) is 140 cm³/mol. The van der Waals surface area contributed by atoms with E-state index in [4.69, 9.17) is 14.7 Å². The number of rotatable bonds is 9. The lowest BCUT2D eigenvalue weighted by molar-refractivity contribution is -0.132. The summed E-state index contributed by atoms with van der Waals surface area (Å²) in [6.07, 6.45) is 3.15.